The predicted octanol–water partition coefficient (Wildman–Crippen LogP) is 1.33. The minimum absolute atomic E-state index is 1.05. The summed E-state index contributed by atoms with van der Waals surface area (Å²) in [5, 5.41) is 3.05. The maximum absolute atomic E-state index is 4.57. The lowest BCUT2D eigenvalue weighted by atomic mass is 10.1. The third kappa shape index (κ3) is 2.82. The molecule has 0 aromatic carbocycles. The van der Waals surface area contributed by atoms with Gasteiger partial charge >= 0.3 is 0 Å². The predicted molar refractivity (Wildman–Crippen MR) is 76.8 cm³/mol. The first-order valence-electron chi connectivity index (χ1n) is 6.45. The third-order valence-corrected chi connectivity index (χ3v) is 3.41. The second kappa shape index (κ2) is 5.87. The van der Waals surface area contributed by atoms with Crippen molar-refractivity contribution in [2.75, 3.05) is 45.2 Å². The number of likely N-dealkylation sites (N-methyl/N-ethyl adjacent to an activating group) is 1. The fourth-order valence-corrected chi connectivity index (χ4v) is 2.20. The molecule has 0 saturated carbocycles. The second-order valence-corrected chi connectivity index (χ2v) is 4.78. The second-order valence-electron chi connectivity index (χ2n) is 4.78. The molecule has 1 aliphatic rings. The standard InChI is InChI=1S/C14H22N4/c1-12-4-7-16-14(13(12)5-6-15-2)18-10-8-17(3)9-11-18/h4-7,15H,8-11H2,1-3H3/b6-5-. The zero-order valence-corrected chi connectivity index (χ0v) is 11.5. The summed E-state index contributed by atoms with van der Waals surface area (Å²) in [5.41, 5.74) is 2.49. The maximum atomic E-state index is 4.57. The van der Waals surface area contributed by atoms with Gasteiger partial charge in [0.15, 0.2) is 0 Å². The summed E-state index contributed by atoms with van der Waals surface area (Å²) in [5.74, 6) is 1.11. The van der Waals surface area contributed by atoms with Gasteiger partial charge in [0.25, 0.3) is 0 Å². The van der Waals surface area contributed by atoms with Crippen molar-refractivity contribution in [3.05, 3.63) is 29.6 Å². The highest BCUT2D eigenvalue weighted by atomic mass is 15.3. The van der Waals surface area contributed by atoms with E-state index in [4.69, 9.17) is 0 Å². The molecule has 0 unspecified atom stereocenters. The van der Waals surface area contributed by atoms with Crippen molar-refractivity contribution in [2.24, 2.45) is 0 Å². The van der Waals surface area contributed by atoms with Gasteiger partial charge in [0.05, 0.1) is 0 Å². The molecule has 2 rings (SSSR count). The summed E-state index contributed by atoms with van der Waals surface area (Å²) in [6.07, 6.45) is 5.97. The van der Waals surface area contributed by atoms with Crippen LogP contribution in [0.4, 0.5) is 5.82 Å². The molecule has 1 N–H and O–H groups in total. The Labute approximate surface area is 109 Å². The summed E-state index contributed by atoms with van der Waals surface area (Å²) in [7, 11) is 4.08. The quantitative estimate of drug-likeness (QED) is 0.872. The van der Waals surface area contributed by atoms with Gasteiger partial charge in [-0.15, -0.1) is 0 Å². The molecule has 0 radical (unpaired) electrons. The Bertz CT molecular complexity index is 420. The van der Waals surface area contributed by atoms with Crippen LogP contribution in [0.25, 0.3) is 6.08 Å². The Balaban J connectivity index is 2.26. The number of rotatable bonds is 3. The average Bonchev–Trinajstić information content (AvgIpc) is 2.38. The lowest BCUT2D eigenvalue weighted by Crippen LogP contribution is -2.45. The van der Waals surface area contributed by atoms with E-state index in [1.165, 1.54) is 11.1 Å². The molecule has 4 heteroatoms. The molecule has 0 atom stereocenters. The molecule has 2 heterocycles. The minimum Gasteiger partial charge on any atom is -0.394 e. The first-order chi connectivity index (χ1) is 8.72. The number of piperazine rings is 1. The number of hydrogen-bond donors (Lipinski definition) is 1. The highest BCUT2D eigenvalue weighted by molar-refractivity contribution is 5.67. The van der Waals surface area contributed by atoms with Crippen LogP contribution in [0.5, 0.6) is 0 Å². The highest BCUT2D eigenvalue weighted by Gasteiger charge is 2.17. The van der Waals surface area contributed by atoms with Crippen LogP contribution in [-0.2, 0) is 0 Å². The van der Waals surface area contributed by atoms with Crippen LogP contribution in [0.2, 0.25) is 0 Å². The molecule has 4 nitrogen and oxygen atoms in total. The van der Waals surface area contributed by atoms with Crippen LogP contribution in [0.1, 0.15) is 11.1 Å². The molecular weight excluding hydrogens is 224 g/mol. The molecule has 98 valence electrons. The molecular formula is C14H22N4. The van der Waals surface area contributed by atoms with E-state index in [1.54, 1.807) is 0 Å². The van der Waals surface area contributed by atoms with Gasteiger partial charge in [-0.3, -0.25) is 0 Å². The number of aromatic nitrogens is 1. The lowest BCUT2D eigenvalue weighted by molar-refractivity contribution is 0.312. The summed E-state index contributed by atoms with van der Waals surface area (Å²) in [4.78, 5) is 9.30. The summed E-state index contributed by atoms with van der Waals surface area (Å²) < 4.78 is 0. The van der Waals surface area contributed by atoms with Crippen LogP contribution >= 0.6 is 0 Å². The molecule has 1 saturated heterocycles. The topological polar surface area (TPSA) is 31.4 Å². The Morgan fingerprint density at radius 1 is 1.28 bits per heavy atom. The van der Waals surface area contributed by atoms with E-state index in [9.17, 15) is 0 Å². The zero-order valence-electron chi connectivity index (χ0n) is 11.5. The molecule has 0 bridgehead atoms. The van der Waals surface area contributed by atoms with Gasteiger partial charge in [-0.1, -0.05) is 0 Å². The highest BCUT2D eigenvalue weighted by Crippen LogP contribution is 2.23. The van der Waals surface area contributed by atoms with E-state index in [0.29, 0.717) is 0 Å². The van der Waals surface area contributed by atoms with Crippen LogP contribution in [0.3, 0.4) is 0 Å². The average molecular weight is 246 g/mol. The molecule has 0 spiro atoms. The van der Waals surface area contributed by atoms with Gasteiger partial charge in [-0.05, 0) is 37.9 Å². The lowest BCUT2D eigenvalue weighted by Gasteiger charge is -2.34. The van der Waals surface area contributed by atoms with E-state index < -0.39 is 0 Å². The molecule has 0 aliphatic carbocycles. The van der Waals surface area contributed by atoms with E-state index in [2.05, 4.69) is 46.2 Å². The van der Waals surface area contributed by atoms with Crippen molar-refractivity contribution in [1.29, 1.82) is 0 Å². The van der Waals surface area contributed by atoms with Crippen molar-refractivity contribution in [3.63, 3.8) is 0 Å². The fourth-order valence-electron chi connectivity index (χ4n) is 2.20. The Morgan fingerprint density at radius 3 is 2.67 bits per heavy atom. The van der Waals surface area contributed by atoms with Crippen LogP contribution in [0.15, 0.2) is 18.5 Å². The SMILES string of the molecule is CN/C=C\c1c(C)ccnc1N1CCN(C)CC1. The third-order valence-electron chi connectivity index (χ3n) is 3.41. The molecule has 18 heavy (non-hydrogen) atoms. The molecule has 1 aromatic rings. The smallest absolute Gasteiger partial charge is 0.136 e. The summed E-state index contributed by atoms with van der Waals surface area (Å²) >= 11 is 0. The van der Waals surface area contributed by atoms with Crippen molar-refractivity contribution in [2.45, 2.75) is 6.92 Å². The largest absolute Gasteiger partial charge is 0.394 e. The Kier molecular flexibility index (Phi) is 4.20. The first kappa shape index (κ1) is 12.9. The van der Waals surface area contributed by atoms with Crippen molar-refractivity contribution in [1.82, 2.24) is 15.2 Å². The van der Waals surface area contributed by atoms with Crippen LogP contribution in [0, 0.1) is 6.92 Å². The number of hydrogen-bond acceptors (Lipinski definition) is 4. The number of anilines is 1. The van der Waals surface area contributed by atoms with Crippen molar-refractivity contribution < 1.29 is 0 Å². The molecule has 1 aliphatic heterocycles. The summed E-state index contributed by atoms with van der Waals surface area (Å²) in [6, 6.07) is 2.06. The number of nitrogens with zero attached hydrogens (tertiary/aromatic N) is 3. The molecule has 1 fully saturated rings. The number of pyridine rings is 1. The van der Waals surface area contributed by atoms with Crippen LogP contribution < -0.4 is 10.2 Å². The van der Waals surface area contributed by atoms with E-state index in [1.807, 2.05) is 19.4 Å². The number of nitrogens with one attached hydrogen (secondary N) is 1. The van der Waals surface area contributed by atoms with Crippen molar-refractivity contribution in [3.8, 4) is 0 Å². The monoisotopic (exact) mass is 246 g/mol. The maximum Gasteiger partial charge on any atom is 0.136 e. The normalized spacial score (nSPS) is 17.4. The van der Waals surface area contributed by atoms with E-state index >= 15 is 0 Å². The van der Waals surface area contributed by atoms with E-state index in [0.717, 1.165) is 32.0 Å². The van der Waals surface area contributed by atoms with Gasteiger partial charge in [0.2, 0.25) is 0 Å². The Morgan fingerprint density at radius 2 is 2.00 bits per heavy atom. The summed E-state index contributed by atoms with van der Waals surface area (Å²) in [6.45, 7) is 6.44. The first-order valence-corrected chi connectivity index (χ1v) is 6.45. The molecule has 1 aromatic heterocycles. The van der Waals surface area contributed by atoms with Gasteiger partial charge in [0.1, 0.15) is 5.82 Å². The Hall–Kier alpha value is -1.55. The zero-order chi connectivity index (χ0) is 13.0. The van der Waals surface area contributed by atoms with Gasteiger partial charge in [-0.25, -0.2) is 4.98 Å². The van der Waals surface area contributed by atoms with Gasteiger partial charge in [-0.2, -0.15) is 0 Å². The number of aryl methyl sites for hydroxylation is 1. The van der Waals surface area contributed by atoms with E-state index in [-0.39, 0.29) is 0 Å². The minimum atomic E-state index is 1.05. The molecule has 0 amide bonds. The van der Waals surface area contributed by atoms with Crippen LogP contribution in [-0.4, -0.2) is 50.2 Å². The van der Waals surface area contributed by atoms with Crippen molar-refractivity contribution >= 4 is 11.9 Å². The van der Waals surface area contributed by atoms with Gasteiger partial charge in [0, 0.05) is 45.0 Å². The fraction of sp³-hybridized carbons (Fsp3) is 0.500. The van der Waals surface area contributed by atoms with Gasteiger partial charge < -0.3 is 15.1 Å².